The lowest BCUT2D eigenvalue weighted by Gasteiger charge is -2.18. The molecule has 0 N–H and O–H groups in total. The molecule has 0 bridgehead atoms. The van der Waals surface area contributed by atoms with E-state index in [1.807, 2.05) is 38.2 Å². The summed E-state index contributed by atoms with van der Waals surface area (Å²) in [4.78, 5) is 12.3. The highest BCUT2D eigenvalue weighted by molar-refractivity contribution is 7.90. The number of benzene rings is 2. The molecule has 1 heterocycles. The van der Waals surface area contributed by atoms with Gasteiger partial charge in [-0.3, -0.25) is 0 Å². The van der Waals surface area contributed by atoms with Crippen molar-refractivity contribution < 1.29 is 17.9 Å². The zero-order valence-electron chi connectivity index (χ0n) is 15.2. The number of fused-ring (bicyclic) bond motifs is 1. The molecule has 1 atom stereocenters. The summed E-state index contributed by atoms with van der Waals surface area (Å²) < 4.78 is 30.6. The minimum Gasteiger partial charge on any atom is -0.465 e. The fourth-order valence-corrected chi connectivity index (χ4v) is 3.93. The molecule has 3 rings (SSSR count). The SMILES string of the molecule is COC(=O)c1ccc2ccn(C(C)c3cccc(S(C)(=O)=O)c3)c2c1C. The van der Waals surface area contributed by atoms with Crippen molar-refractivity contribution in [2.24, 2.45) is 0 Å². The minimum absolute atomic E-state index is 0.0965. The number of ether oxygens (including phenoxy) is 1. The molecule has 6 heteroatoms. The standard InChI is InChI=1S/C20H21NO4S/c1-13-18(20(22)25-3)9-8-15-10-11-21(19(13)15)14(2)16-6-5-7-17(12-16)26(4,23)24/h5-12,14H,1-4H3. The van der Waals surface area contributed by atoms with E-state index >= 15 is 0 Å². The van der Waals surface area contributed by atoms with Crippen molar-refractivity contribution in [3.8, 4) is 0 Å². The zero-order valence-corrected chi connectivity index (χ0v) is 16.0. The third-order valence-corrected chi connectivity index (χ3v) is 5.84. The van der Waals surface area contributed by atoms with Gasteiger partial charge in [-0.05, 0) is 54.6 Å². The van der Waals surface area contributed by atoms with E-state index in [0.717, 1.165) is 22.0 Å². The maximum atomic E-state index is 12.0. The summed E-state index contributed by atoms with van der Waals surface area (Å²) >= 11 is 0. The number of hydrogen-bond donors (Lipinski definition) is 0. The maximum Gasteiger partial charge on any atom is 0.338 e. The molecule has 0 radical (unpaired) electrons. The quantitative estimate of drug-likeness (QED) is 0.655. The Labute approximate surface area is 153 Å². The van der Waals surface area contributed by atoms with Gasteiger partial charge in [0, 0.05) is 12.5 Å². The molecule has 0 spiro atoms. The number of carbonyl (C=O) groups excluding carboxylic acids is 1. The van der Waals surface area contributed by atoms with E-state index in [-0.39, 0.29) is 12.0 Å². The van der Waals surface area contributed by atoms with Crippen LogP contribution in [0.4, 0.5) is 0 Å². The molecule has 26 heavy (non-hydrogen) atoms. The molecule has 136 valence electrons. The van der Waals surface area contributed by atoms with Gasteiger partial charge in [0.25, 0.3) is 0 Å². The summed E-state index contributed by atoms with van der Waals surface area (Å²) in [6, 6.07) is 12.5. The number of aryl methyl sites for hydroxylation is 1. The Kier molecular flexibility index (Phi) is 4.63. The van der Waals surface area contributed by atoms with Crippen LogP contribution in [0.1, 0.15) is 34.5 Å². The Balaban J connectivity index is 2.15. The fourth-order valence-electron chi connectivity index (χ4n) is 3.25. The van der Waals surface area contributed by atoms with Crippen LogP contribution in [0, 0.1) is 6.92 Å². The molecule has 0 saturated heterocycles. The average Bonchev–Trinajstić information content (AvgIpc) is 3.05. The smallest absolute Gasteiger partial charge is 0.338 e. The molecule has 0 saturated carbocycles. The first-order valence-corrected chi connectivity index (χ1v) is 10.1. The number of sulfone groups is 1. The summed E-state index contributed by atoms with van der Waals surface area (Å²) in [6.07, 6.45) is 3.16. The van der Waals surface area contributed by atoms with Gasteiger partial charge in [-0.25, -0.2) is 13.2 Å². The van der Waals surface area contributed by atoms with Gasteiger partial charge in [-0.15, -0.1) is 0 Å². The van der Waals surface area contributed by atoms with Gasteiger partial charge in [-0.2, -0.15) is 0 Å². The van der Waals surface area contributed by atoms with E-state index in [2.05, 4.69) is 4.57 Å². The number of rotatable bonds is 4. The summed E-state index contributed by atoms with van der Waals surface area (Å²) in [5, 5.41) is 1.02. The number of nitrogens with zero attached hydrogens (tertiary/aromatic N) is 1. The predicted molar refractivity (Wildman–Crippen MR) is 101 cm³/mol. The Morgan fingerprint density at radius 1 is 1.15 bits per heavy atom. The molecule has 5 nitrogen and oxygen atoms in total. The lowest BCUT2D eigenvalue weighted by molar-refractivity contribution is 0.0600. The van der Waals surface area contributed by atoms with Crippen LogP contribution in [-0.4, -0.2) is 32.3 Å². The summed E-state index contributed by atoms with van der Waals surface area (Å²) in [7, 11) is -1.90. The second-order valence-electron chi connectivity index (χ2n) is 6.41. The molecule has 3 aromatic rings. The number of carbonyl (C=O) groups is 1. The van der Waals surface area contributed by atoms with Crippen molar-refractivity contribution in [1.82, 2.24) is 4.57 Å². The normalized spacial score (nSPS) is 12.9. The maximum absolute atomic E-state index is 12.0. The first kappa shape index (κ1) is 18.2. The molecule has 0 fully saturated rings. The van der Waals surface area contributed by atoms with Crippen molar-refractivity contribution in [1.29, 1.82) is 0 Å². The molecule has 1 aromatic heterocycles. The van der Waals surface area contributed by atoms with E-state index < -0.39 is 9.84 Å². The van der Waals surface area contributed by atoms with Crippen LogP contribution in [0.2, 0.25) is 0 Å². The van der Waals surface area contributed by atoms with E-state index in [0.29, 0.717) is 10.5 Å². The highest BCUT2D eigenvalue weighted by atomic mass is 32.2. The molecule has 0 aliphatic rings. The third kappa shape index (κ3) is 3.12. The van der Waals surface area contributed by atoms with Crippen LogP contribution >= 0.6 is 0 Å². The van der Waals surface area contributed by atoms with E-state index in [4.69, 9.17) is 4.74 Å². The molecule has 0 aliphatic heterocycles. The summed E-state index contributed by atoms with van der Waals surface area (Å²) in [5.41, 5.74) is 3.18. The second-order valence-corrected chi connectivity index (χ2v) is 8.43. The van der Waals surface area contributed by atoms with Gasteiger partial charge in [0.05, 0.1) is 29.1 Å². The molecular formula is C20H21NO4S. The summed E-state index contributed by atoms with van der Waals surface area (Å²) in [6.45, 7) is 3.90. The molecular weight excluding hydrogens is 350 g/mol. The van der Waals surface area contributed by atoms with Gasteiger partial charge in [0.2, 0.25) is 0 Å². The summed E-state index contributed by atoms with van der Waals surface area (Å²) in [5.74, 6) is -0.371. The monoisotopic (exact) mass is 371 g/mol. The molecule has 0 aliphatic carbocycles. The van der Waals surface area contributed by atoms with Crippen LogP contribution in [-0.2, 0) is 14.6 Å². The van der Waals surface area contributed by atoms with Crippen LogP contribution in [0.25, 0.3) is 10.9 Å². The highest BCUT2D eigenvalue weighted by Crippen LogP contribution is 2.30. The van der Waals surface area contributed by atoms with Gasteiger partial charge in [0.1, 0.15) is 0 Å². The van der Waals surface area contributed by atoms with Crippen LogP contribution < -0.4 is 0 Å². The number of esters is 1. The first-order valence-electron chi connectivity index (χ1n) is 8.22. The topological polar surface area (TPSA) is 65.4 Å². The lowest BCUT2D eigenvalue weighted by atomic mass is 10.0. The van der Waals surface area contributed by atoms with E-state index in [1.165, 1.54) is 13.4 Å². The largest absolute Gasteiger partial charge is 0.465 e. The minimum atomic E-state index is -3.27. The van der Waals surface area contributed by atoms with Crippen molar-refractivity contribution in [2.45, 2.75) is 24.8 Å². The molecule has 0 amide bonds. The molecule has 2 aromatic carbocycles. The van der Waals surface area contributed by atoms with Gasteiger partial charge in [0.15, 0.2) is 9.84 Å². The Morgan fingerprint density at radius 3 is 2.54 bits per heavy atom. The number of hydrogen-bond acceptors (Lipinski definition) is 4. The zero-order chi connectivity index (χ0) is 19.1. The molecule has 1 unspecified atom stereocenters. The van der Waals surface area contributed by atoms with Gasteiger partial charge < -0.3 is 9.30 Å². The first-order chi connectivity index (χ1) is 12.2. The second kappa shape index (κ2) is 6.61. The van der Waals surface area contributed by atoms with Crippen LogP contribution in [0.15, 0.2) is 53.6 Å². The predicted octanol–water partition coefficient (Wildman–Crippen LogP) is 3.75. The third-order valence-electron chi connectivity index (χ3n) is 4.73. The van der Waals surface area contributed by atoms with E-state index in [1.54, 1.807) is 24.3 Å². The average molecular weight is 371 g/mol. The van der Waals surface area contributed by atoms with Gasteiger partial charge in [-0.1, -0.05) is 18.2 Å². The number of methoxy groups -OCH3 is 1. The fraction of sp³-hybridized carbons (Fsp3) is 0.250. The van der Waals surface area contributed by atoms with Gasteiger partial charge >= 0.3 is 5.97 Å². The number of aromatic nitrogens is 1. The van der Waals surface area contributed by atoms with Crippen molar-refractivity contribution in [3.05, 3.63) is 65.4 Å². The van der Waals surface area contributed by atoms with Crippen molar-refractivity contribution >= 4 is 26.7 Å². The Morgan fingerprint density at radius 2 is 1.88 bits per heavy atom. The van der Waals surface area contributed by atoms with E-state index in [9.17, 15) is 13.2 Å². The Hall–Kier alpha value is -2.60. The Bertz CT molecular complexity index is 1100. The van der Waals surface area contributed by atoms with Crippen molar-refractivity contribution in [3.63, 3.8) is 0 Å². The van der Waals surface area contributed by atoms with Crippen molar-refractivity contribution in [2.75, 3.05) is 13.4 Å². The van der Waals surface area contributed by atoms with Crippen LogP contribution in [0.3, 0.4) is 0 Å². The lowest BCUT2D eigenvalue weighted by Crippen LogP contribution is -2.09. The van der Waals surface area contributed by atoms with Crippen LogP contribution in [0.5, 0.6) is 0 Å². The highest BCUT2D eigenvalue weighted by Gasteiger charge is 2.18.